The Morgan fingerprint density at radius 3 is 2.62 bits per heavy atom. The SMILES string of the molecule is COc1ccccc1-c1nn(CN(C)CC(=O)Nc2ccc(Cl)cc2)c(=S)n1C. The predicted octanol–water partition coefficient (Wildman–Crippen LogP) is 3.81. The van der Waals surface area contributed by atoms with Crippen LogP contribution in [0.1, 0.15) is 0 Å². The van der Waals surface area contributed by atoms with E-state index in [1.165, 1.54) is 0 Å². The zero-order valence-corrected chi connectivity index (χ0v) is 18.0. The number of likely N-dealkylation sites (N-methyl/N-ethyl adjacent to an activating group) is 1. The Kier molecular flexibility index (Phi) is 6.68. The van der Waals surface area contributed by atoms with E-state index in [1.807, 2.05) is 47.8 Å². The van der Waals surface area contributed by atoms with E-state index in [-0.39, 0.29) is 12.5 Å². The van der Waals surface area contributed by atoms with Crippen LogP contribution < -0.4 is 10.1 Å². The number of benzene rings is 2. The number of carbonyl (C=O) groups excluding carboxylic acids is 1. The lowest BCUT2D eigenvalue weighted by atomic mass is 10.2. The van der Waals surface area contributed by atoms with Gasteiger partial charge in [0.25, 0.3) is 0 Å². The van der Waals surface area contributed by atoms with Gasteiger partial charge in [0.1, 0.15) is 5.75 Å². The number of hydrogen-bond acceptors (Lipinski definition) is 5. The van der Waals surface area contributed by atoms with Crippen molar-refractivity contribution in [2.24, 2.45) is 7.05 Å². The van der Waals surface area contributed by atoms with Gasteiger partial charge in [-0.15, -0.1) is 0 Å². The molecule has 1 N–H and O–H groups in total. The number of aromatic nitrogens is 3. The van der Waals surface area contributed by atoms with Crippen molar-refractivity contribution in [2.45, 2.75) is 6.67 Å². The van der Waals surface area contributed by atoms with Crippen LogP contribution in [0, 0.1) is 4.77 Å². The Hall–Kier alpha value is -2.68. The van der Waals surface area contributed by atoms with Gasteiger partial charge in [-0.25, -0.2) is 4.68 Å². The summed E-state index contributed by atoms with van der Waals surface area (Å²) in [6.45, 7) is 0.556. The highest BCUT2D eigenvalue weighted by molar-refractivity contribution is 7.71. The molecule has 29 heavy (non-hydrogen) atoms. The predicted molar refractivity (Wildman–Crippen MR) is 117 cm³/mol. The summed E-state index contributed by atoms with van der Waals surface area (Å²) in [5, 5.41) is 8.10. The maximum absolute atomic E-state index is 12.3. The second-order valence-corrected chi connectivity index (χ2v) is 7.38. The minimum absolute atomic E-state index is 0.137. The maximum Gasteiger partial charge on any atom is 0.238 e. The molecule has 3 rings (SSSR count). The smallest absolute Gasteiger partial charge is 0.238 e. The van der Waals surface area contributed by atoms with Gasteiger partial charge in [0.05, 0.1) is 25.9 Å². The first-order valence-corrected chi connectivity index (χ1v) is 9.69. The molecule has 0 atom stereocenters. The van der Waals surface area contributed by atoms with E-state index in [2.05, 4.69) is 10.4 Å². The topological polar surface area (TPSA) is 64.3 Å². The van der Waals surface area contributed by atoms with Crippen molar-refractivity contribution >= 4 is 35.4 Å². The average Bonchev–Trinajstić information content (AvgIpc) is 2.97. The number of nitrogens with zero attached hydrogens (tertiary/aromatic N) is 4. The fourth-order valence-electron chi connectivity index (χ4n) is 2.90. The fraction of sp³-hybridized carbons (Fsp3) is 0.250. The molecule has 1 aromatic heterocycles. The molecule has 3 aromatic rings. The number of nitrogens with one attached hydrogen (secondary N) is 1. The van der Waals surface area contributed by atoms with Crippen LogP contribution in [0.25, 0.3) is 11.4 Å². The van der Waals surface area contributed by atoms with E-state index in [1.54, 1.807) is 36.1 Å². The molecule has 0 saturated heterocycles. The summed E-state index contributed by atoms with van der Waals surface area (Å²) < 4.78 is 9.50. The molecule has 0 bridgehead atoms. The van der Waals surface area contributed by atoms with Crippen LogP contribution in [0.3, 0.4) is 0 Å². The first kappa shape index (κ1) is 21.0. The molecule has 0 spiro atoms. The van der Waals surface area contributed by atoms with Crippen LogP contribution in [0.2, 0.25) is 5.02 Å². The zero-order valence-electron chi connectivity index (χ0n) is 16.4. The number of para-hydroxylation sites is 1. The molecule has 152 valence electrons. The molecule has 2 aromatic carbocycles. The third kappa shape index (κ3) is 5.03. The second-order valence-electron chi connectivity index (χ2n) is 6.58. The summed E-state index contributed by atoms with van der Waals surface area (Å²) in [5.41, 5.74) is 1.55. The highest BCUT2D eigenvalue weighted by atomic mass is 35.5. The van der Waals surface area contributed by atoms with E-state index >= 15 is 0 Å². The van der Waals surface area contributed by atoms with Gasteiger partial charge in [0.2, 0.25) is 5.91 Å². The molecule has 1 heterocycles. The van der Waals surface area contributed by atoms with Crippen molar-refractivity contribution in [1.82, 2.24) is 19.2 Å². The highest BCUT2D eigenvalue weighted by Crippen LogP contribution is 2.28. The number of anilines is 1. The number of rotatable bonds is 7. The summed E-state index contributed by atoms with van der Waals surface area (Å²) in [4.78, 5) is 14.1. The van der Waals surface area contributed by atoms with E-state index in [4.69, 9.17) is 28.6 Å². The van der Waals surface area contributed by atoms with Gasteiger partial charge in [0, 0.05) is 17.8 Å². The van der Waals surface area contributed by atoms with Crippen LogP contribution in [-0.2, 0) is 18.5 Å². The number of methoxy groups -OCH3 is 1. The molecule has 0 radical (unpaired) electrons. The third-order valence-electron chi connectivity index (χ3n) is 4.31. The lowest BCUT2D eigenvalue weighted by Crippen LogP contribution is -2.32. The molecule has 0 aliphatic heterocycles. The van der Waals surface area contributed by atoms with Gasteiger partial charge in [-0.1, -0.05) is 23.7 Å². The Morgan fingerprint density at radius 1 is 1.24 bits per heavy atom. The Balaban J connectivity index is 1.70. The van der Waals surface area contributed by atoms with Crippen molar-refractivity contribution in [3.8, 4) is 17.1 Å². The van der Waals surface area contributed by atoms with Gasteiger partial charge in [-0.2, -0.15) is 5.10 Å². The van der Waals surface area contributed by atoms with E-state index in [0.717, 1.165) is 11.3 Å². The molecule has 0 unspecified atom stereocenters. The summed E-state index contributed by atoms with van der Waals surface area (Å²) >= 11 is 11.4. The Morgan fingerprint density at radius 2 is 1.93 bits per heavy atom. The van der Waals surface area contributed by atoms with Crippen molar-refractivity contribution in [3.63, 3.8) is 0 Å². The molecule has 0 aliphatic rings. The van der Waals surface area contributed by atoms with Crippen molar-refractivity contribution in [3.05, 3.63) is 58.3 Å². The molecule has 0 saturated carbocycles. The van der Waals surface area contributed by atoms with Crippen LogP contribution in [0.4, 0.5) is 5.69 Å². The molecule has 0 fully saturated rings. The van der Waals surface area contributed by atoms with Crippen LogP contribution >= 0.6 is 23.8 Å². The summed E-state index contributed by atoms with van der Waals surface area (Å²) in [7, 11) is 5.32. The largest absolute Gasteiger partial charge is 0.496 e. The number of amides is 1. The fourth-order valence-corrected chi connectivity index (χ4v) is 3.21. The first-order chi connectivity index (χ1) is 13.9. The zero-order chi connectivity index (χ0) is 21.0. The first-order valence-electron chi connectivity index (χ1n) is 8.90. The monoisotopic (exact) mass is 431 g/mol. The van der Waals surface area contributed by atoms with E-state index in [9.17, 15) is 4.79 Å². The van der Waals surface area contributed by atoms with Crippen molar-refractivity contribution in [1.29, 1.82) is 0 Å². The number of ether oxygens (including phenoxy) is 1. The summed E-state index contributed by atoms with van der Waals surface area (Å²) in [6, 6.07) is 14.6. The van der Waals surface area contributed by atoms with Crippen LogP contribution in [-0.4, -0.2) is 45.9 Å². The number of carbonyl (C=O) groups is 1. The van der Waals surface area contributed by atoms with Crippen LogP contribution in [0.5, 0.6) is 5.75 Å². The lowest BCUT2D eigenvalue weighted by molar-refractivity contribution is -0.117. The van der Waals surface area contributed by atoms with Gasteiger partial charge in [-0.05, 0) is 55.7 Å². The third-order valence-corrected chi connectivity index (χ3v) is 5.04. The van der Waals surface area contributed by atoms with E-state index in [0.29, 0.717) is 28.0 Å². The van der Waals surface area contributed by atoms with Crippen molar-refractivity contribution < 1.29 is 9.53 Å². The van der Waals surface area contributed by atoms with Gasteiger partial charge >= 0.3 is 0 Å². The second kappa shape index (κ2) is 9.21. The highest BCUT2D eigenvalue weighted by Gasteiger charge is 2.15. The Bertz CT molecular complexity index is 1060. The summed E-state index contributed by atoms with van der Waals surface area (Å²) in [6.07, 6.45) is 0. The molecule has 7 nitrogen and oxygen atoms in total. The quantitative estimate of drug-likeness (QED) is 0.576. The number of halogens is 1. The van der Waals surface area contributed by atoms with Crippen LogP contribution in [0.15, 0.2) is 48.5 Å². The van der Waals surface area contributed by atoms with E-state index < -0.39 is 0 Å². The van der Waals surface area contributed by atoms with Gasteiger partial charge in [-0.3, -0.25) is 9.69 Å². The lowest BCUT2D eigenvalue weighted by Gasteiger charge is -2.16. The molecule has 0 aliphatic carbocycles. The van der Waals surface area contributed by atoms with Gasteiger partial charge in [0.15, 0.2) is 10.6 Å². The summed E-state index contributed by atoms with van der Waals surface area (Å²) in [5.74, 6) is 1.28. The number of hydrogen-bond donors (Lipinski definition) is 1. The molecular formula is C20H22ClN5O2S. The Labute approximate surface area is 179 Å². The molecule has 9 heteroatoms. The van der Waals surface area contributed by atoms with Crippen molar-refractivity contribution in [2.75, 3.05) is 26.0 Å². The average molecular weight is 432 g/mol. The normalized spacial score (nSPS) is 10.9. The standard InChI is InChI=1S/C20H22ClN5O2S/c1-24(12-18(27)22-15-10-8-14(21)9-11-15)13-26-20(29)25(2)19(23-26)16-6-4-5-7-17(16)28-3/h4-11H,12-13H2,1-3H3,(H,22,27). The minimum Gasteiger partial charge on any atom is -0.496 e. The molecule has 1 amide bonds. The maximum atomic E-state index is 12.3. The minimum atomic E-state index is -0.137. The molecular weight excluding hydrogens is 410 g/mol. The van der Waals surface area contributed by atoms with Gasteiger partial charge < -0.3 is 14.6 Å².